The van der Waals surface area contributed by atoms with E-state index in [-0.39, 0.29) is 5.91 Å². The van der Waals surface area contributed by atoms with Crippen LogP contribution < -0.4 is 4.90 Å². The average molecular weight is 393 g/mol. The topological polar surface area (TPSA) is 76.6 Å². The van der Waals surface area contributed by atoms with E-state index in [9.17, 15) is 10.1 Å². The smallest absolute Gasteiger partial charge is 0.236 e. The molecule has 0 N–H and O–H groups in total. The summed E-state index contributed by atoms with van der Waals surface area (Å²) in [5.41, 5.74) is 2.83. The van der Waals surface area contributed by atoms with Gasteiger partial charge in [0.15, 0.2) is 5.89 Å². The number of hydrogen-bond donors (Lipinski definition) is 0. The zero-order valence-corrected chi connectivity index (χ0v) is 17.1. The molecule has 0 spiro atoms. The fourth-order valence-electron chi connectivity index (χ4n) is 3.93. The van der Waals surface area contributed by atoms with Crippen molar-refractivity contribution in [3.05, 3.63) is 47.0 Å². The number of nitrogens with zero attached hydrogens (tertiary/aromatic N) is 5. The van der Waals surface area contributed by atoms with Crippen LogP contribution in [0.5, 0.6) is 0 Å². The summed E-state index contributed by atoms with van der Waals surface area (Å²) in [5.74, 6) is 1.20. The van der Waals surface area contributed by atoms with Gasteiger partial charge in [0.05, 0.1) is 6.54 Å². The number of aromatic nitrogens is 1. The molecular weight excluding hydrogens is 366 g/mol. The standard InChI is InChI=1S/C22H27N5O2/c1-16-4-3-5-18(12-16)14-27(19-6-7-19)15-21(28)25-8-10-26(11-9-25)22-20(13-23)24-17(2)29-22/h3-5,12,19H,6-11,14-15H2,1-2H3. The minimum atomic E-state index is 0.179. The number of aryl methyl sites for hydroxylation is 2. The van der Waals surface area contributed by atoms with Crippen LogP contribution in [-0.4, -0.2) is 59.5 Å². The summed E-state index contributed by atoms with van der Waals surface area (Å²) in [6, 6.07) is 11.1. The van der Waals surface area contributed by atoms with E-state index in [0.29, 0.717) is 56.2 Å². The average Bonchev–Trinajstić information content (AvgIpc) is 3.49. The molecule has 0 unspecified atom stereocenters. The number of carbonyl (C=O) groups is 1. The quantitative estimate of drug-likeness (QED) is 0.750. The van der Waals surface area contributed by atoms with Crippen molar-refractivity contribution in [1.82, 2.24) is 14.8 Å². The second-order valence-electron chi connectivity index (χ2n) is 7.99. The molecule has 1 saturated heterocycles. The van der Waals surface area contributed by atoms with Gasteiger partial charge in [-0.05, 0) is 25.3 Å². The van der Waals surface area contributed by atoms with Gasteiger partial charge in [-0.25, -0.2) is 4.98 Å². The van der Waals surface area contributed by atoms with Gasteiger partial charge in [0.25, 0.3) is 0 Å². The largest absolute Gasteiger partial charge is 0.424 e. The van der Waals surface area contributed by atoms with E-state index in [0.717, 1.165) is 6.54 Å². The molecule has 4 rings (SSSR count). The highest BCUT2D eigenvalue weighted by Gasteiger charge is 2.32. The molecule has 2 aliphatic rings. The summed E-state index contributed by atoms with van der Waals surface area (Å²) >= 11 is 0. The molecule has 2 heterocycles. The number of hydrogen-bond acceptors (Lipinski definition) is 6. The van der Waals surface area contributed by atoms with E-state index in [4.69, 9.17) is 4.42 Å². The molecule has 1 aliphatic heterocycles. The van der Waals surface area contributed by atoms with Gasteiger partial charge in [0.1, 0.15) is 6.07 Å². The van der Waals surface area contributed by atoms with Crippen molar-refractivity contribution in [2.24, 2.45) is 0 Å². The summed E-state index contributed by atoms with van der Waals surface area (Å²) in [7, 11) is 0. The van der Waals surface area contributed by atoms with Crippen LogP contribution in [0, 0.1) is 25.2 Å². The molecule has 1 aromatic heterocycles. The van der Waals surface area contributed by atoms with E-state index in [1.165, 1.54) is 24.0 Å². The highest BCUT2D eigenvalue weighted by molar-refractivity contribution is 5.78. The molecule has 0 bridgehead atoms. The maximum atomic E-state index is 12.9. The number of benzene rings is 1. The fourth-order valence-corrected chi connectivity index (χ4v) is 3.93. The first-order valence-corrected chi connectivity index (χ1v) is 10.2. The van der Waals surface area contributed by atoms with E-state index in [2.05, 4.69) is 47.1 Å². The van der Waals surface area contributed by atoms with Gasteiger partial charge < -0.3 is 14.2 Å². The lowest BCUT2D eigenvalue weighted by Gasteiger charge is -2.35. The molecule has 0 atom stereocenters. The SMILES string of the molecule is Cc1cccc(CN(CC(=O)N2CCN(c3oc(C)nc3C#N)CC2)C2CC2)c1. The number of piperazine rings is 1. The molecule has 7 nitrogen and oxygen atoms in total. The van der Waals surface area contributed by atoms with Gasteiger partial charge in [-0.2, -0.15) is 5.26 Å². The minimum absolute atomic E-state index is 0.179. The number of nitriles is 1. The van der Waals surface area contributed by atoms with E-state index >= 15 is 0 Å². The first-order chi connectivity index (χ1) is 14.0. The molecule has 1 aromatic carbocycles. The first-order valence-electron chi connectivity index (χ1n) is 10.2. The number of carbonyl (C=O) groups excluding carboxylic acids is 1. The van der Waals surface area contributed by atoms with Crippen LogP contribution in [0.4, 0.5) is 5.88 Å². The zero-order valence-electron chi connectivity index (χ0n) is 17.1. The Balaban J connectivity index is 1.34. The summed E-state index contributed by atoms with van der Waals surface area (Å²) in [6.07, 6.45) is 2.35. The Morgan fingerprint density at radius 1 is 1.28 bits per heavy atom. The number of oxazole rings is 1. The third kappa shape index (κ3) is 4.60. The highest BCUT2D eigenvalue weighted by atomic mass is 16.4. The number of amides is 1. The van der Waals surface area contributed by atoms with Crippen molar-refractivity contribution in [3.8, 4) is 6.07 Å². The molecule has 1 saturated carbocycles. The van der Waals surface area contributed by atoms with Crippen LogP contribution in [0.1, 0.15) is 35.6 Å². The molecule has 2 fully saturated rings. The Morgan fingerprint density at radius 2 is 2.03 bits per heavy atom. The first kappa shape index (κ1) is 19.5. The van der Waals surface area contributed by atoms with Gasteiger partial charge in [-0.15, -0.1) is 0 Å². The van der Waals surface area contributed by atoms with Crippen LogP contribution in [0.2, 0.25) is 0 Å². The molecule has 152 valence electrons. The zero-order chi connectivity index (χ0) is 20.4. The second-order valence-corrected chi connectivity index (χ2v) is 7.99. The lowest BCUT2D eigenvalue weighted by Crippen LogP contribution is -2.51. The molecule has 1 aliphatic carbocycles. The molecule has 7 heteroatoms. The van der Waals surface area contributed by atoms with Crippen molar-refractivity contribution in [2.45, 2.75) is 39.3 Å². The Morgan fingerprint density at radius 3 is 2.69 bits per heavy atom. The Kier molecular flexibility index (Phi) is 5.54. The van der Waals surface area contributed by atoms with E-state index in [1.54, 1.807) is 6.92 Å². The highest BCUT2D eigenvalue weighted by Crippen LogP contribution is 2.29. The molecule has 29 heavy (non-hydrogen) atoms. The summed E-state index contributed by atoms with van der Waals surface area (Å²) in [6.45, 7) is 7.68. The predicted molar refractivity (Wildman–Crippen MR) is 109 cm³/mol. The lowest BCUT2D eigenvalue weighted by atomic mass is 10.1. The Labute approximate surface area is 171 Å². The maximum Gasteiger partial charge on any atom is 0.236 e. The van der Waals surface area contributed by atoms with Crippen LogP contribution in [-0.2, 0) is 11.3 Å². The van der Waals surface area contributed by atoms with E-state index < -0.39 is 0 Å². The number of anilines is 1. The lowest BCUT2D eigenvalue weighted by molar-refractivity contribution is -0.133. The molecule has 2 aromatic rings. The normalized spacial score (nSPS) is 16.9. The van der Waals surface area contributed by atoms with Gasteiger partial charge in [-0.3, -0.25) is 9.69 Å². The van der Waals surface area contributed by atoms with Crippen molar-refractivity contribution in [3.63, 3.8) is 0 Å². The second kappa shape index (κ2) is 8.26. The molecule has 0 radical (unpaired) electrons. The maximum absolute atomic E-state index is 12.9. The molecular formula is C22H27N5O2. The monoisotopic (exact) mass is 393 g/mol. The predicted octanol–water partition coefficient (Wildman–Crippen LogP) is 2.48. The van der Waals surface area contributed by atoms with Crippen molar-refractivity contribution >= 4 is 11.8 Å². The number of rotatable bonds is 6. The fraction of sp³-hybridized carbons (Fsp3) is 0.500. The minimum Gasteiger partial charge on any atom is -0.424 e. The van der Waals surface area contributed by atoms with Crippen LogP contribution in [0.3, 0.4) is 0 Å². The van der Waals surface area contributed by atoms with E-state index in [1.807, 2.05) is 9.80 Å². The van der Waals surface area contributed by atoms with Crippen LogP contribution in [0.15, 0.2) is 28.7 Å². The van der Waals surface area contributed by atoms with Gasteiger partial charge in [-0.1, -0.05) is 29.8 Å². The van der Waals surface area contributed by atoms with Gasteiger partial charge in [0, 0.05) is 45.7 Å². The third-order valence-electron chi connectivity index (χ3n) is 5.61. The van der Waals surface area contributed by atoms with Crippen molar-refractivity contribution < 1.29 is 9.21 Å². The van der Waals surface area contributed by atoms with Gasteiger partial charge >= 0.3 is 0 Å². The Bertz CT molecular complexity index is 920. The summed E-state index contributed by atoms with van der Waals surface area (Å²) < 4.78 is 5.60. The Hall–Kier alpha value is -2.85. The van der Waals surface area contributed by atoms with Crippen LogP contribution >= 0.6 is 0 Å². The summed E-state index contributed by atoms with van der Waals surface area (Å²) in [5, 5.41) is 9.23. The van der Waals surface area contributed by atoms with Gasteiger partial charge in [0.2, 0.25) is 17.5 Å². The van der Waals surface area contributed by atoms with Crippen molar-refractivity contribution in [2.75, 3.05) is 37.6 Å². The summed E-state index contributed by atoms with van der Waals surface area (Å²) in [4.78, 5) is 23.3. The third-order valence-corrected chi connectivity index (χ3v) is 5.61. The van der Waals surface area contributed by atoms with Crippen molar-refractivity contribution in [1.29, 1.82) is 5.26 Å². The molecule has 1 amide bonds. The van der Waals surface area contributed by atoms with Crippen LogP contribution in [0.25, 0.3) is 0 Å².